The summed E-state index contributed by atoms with van der Waals surface area (Å²) in [6, 6.07) is 7.00. The highest BCUT2D eigenvalue weighted by Gasteiger charge is 2.28. The van der Waals surface area contributed by atoms with Gasteiger partial charge < -0.3 is 10.2 Å². The third kappa shape index (κ3) is 4.11. The van der Waals surface area contributed by atoms with Gasteiger partial charge in [0.05, 0.1) is 10.0 Å². The summed E-state index contributed by atoms with van der Waals surface area (Å²) >= 11 is 12.5. The van der Waals surface area contributed by atoms with Crippen LogP contribution in [0.25, 0.3) is 0 Å². The second kappa shape index (κ2) is 7.65. The lowest BCUT2D eigenvalue weighted by Crippen LogP contribution is -2.31. The van der Waals surface area contributed by atoms with E-state index in [1.165, 1.54) is 12.8 Å². The Balaban J connectivity index is 2.04. The molecule has 2 rings (SSSR count). The van der Waals surface area contributed by atoms with Crippen LogP contribution in [-0.4, -0.2) is 30.6 Å². The van der Waals surface area contributed by atoms with E-state index in [0.29, 0.717) is 10.0 Å². The number of hydrogen-bond donors (Lipinski definition) is 1. The Hall–Kier alpha value is -0.280. The Kier molecular flexibility index (Phi) is 6.16. The maximum atomic E-state index is 6.36. The van der Waals surface area contributed by atoms with Crippen LogP contribution in [0.1, 0.15) is 44.7 Å². The molecule has 2 nitrogen and oxygen atoms in total. The van der Waals surface area contributed by atoms with Crippen LogP contribution in [0, 0.1) is 0 Å². The first-order valence-corrected chi connectivity index (χ1v) is 8.34. The second-order valence-electron chi connectivity index (χ2n) is 5.40. The highest BCUT2D eigenvalue weighted by atomic mass is 35.5. The van der Waals surface area contributed by atoms with Gasteiger partial charge in [0.15, 0.2) is 0 Å². The molecule has 1 aliphatic rings. The van der Waals surface area contributed by atoms with Crippen molar-refractivity contribution in [3.05, 3.63) is 33.8 Å². The first kappa shape index (κ1) is 16.1. The number of hydrogen-bond acceptors (Lipinski definition) is 2. The number of halogens is 2. The summed E-state index contributed by atoms with van der Waals surface area (Å²) in [7, 11) is 0. The second-order valence-corrected chi connectivity index (χ2v) is 6.19. The Morgan fingerprint density at radius 3 is 2.65 bits per heavy atom. The molecule has 1 aromatic rings. The molecule has 112 valence electrons. The van der Waals surface area contributed by atoms with E-state index in [9.17, 15) is 0 Å². The highest BCUT2D eigenvalue weighted by molar-refractivity contribution is 6.42. The van der Waals surface area contributed by atoms with Gasteiger partial charge in [-0.15, -0.1) is 0 Å². The summed E-state index contributed by atoms with van der Waals surface area (Å²) in [5.74, 6) is 0. The summed E-state index contributed by atoms with van der Waals surface area (Å²) in [6.07, 6.45) is 3.79. The molecule has 0 bridgehead atoms. The number of rotatable bonds is 8. The van der Waals surface area contributed by atoms with Gasteiger partial charge in [-0.3, -0.25) is 0 Å². The molecule has 0 heterocycles. The zero-order valence-corrected chi connectivity index (χ0v) is 13.8. The van der Waals surface area contributed by atoms with Crippen LogP contribution in [0.2, 0.25) is 10.0 Å². The maximum absolute atomic E-state index is 6.36. The van der Waals surface area contributed by atoms with Gasteiger partial charge in [-0.25, -0.2) is 0 Å². The quantitative estimate of drug-likeness (QED) is 0.759. The van der Waals surface area contributed by atoms with E-state index in [1.807, 2.05) is 12.1 Å². The average molecular weight is 315 g/mol. The van der Waals surface area contributed by atoms with Gasteiger partial charge in [-0.05, 0) is 44.0 Å². The molecular weight excluding hydrogens is 291 g/mol. The van der Waals surface area contributed by atoms with Gasteiger partial charge in [0, 0.05) is 18.6 Å². The molecular formula is C16H24Cl2N2. The lowest BCUT2D eigenvalue weighted by atomic mass is 10.0. The molecule has 1 N–H and O–H groups in total. The molecule has 1 atom stereocenters. The van der Waals surface area contributed by atoms with Crippen molar-refractivity contribution >= 4 is 23.2 Å². The molecule has 1 aliphatic carbocycles. The Morgan fingerprint density at radius 1 is 1.30 bits per heavy atom. The molecule has 1 aromatic carbocycles. The van der Waals surface area contributed by atoms with Crippen LogP contribution < -0.4 is 5.32 Å². The summed E-state index contributed by atoms with van der Waals surface area (Å²) < 4.78 is 0. The van der Waals surface area contributed by atoms with Gasteiger partial charge >= 0.3 is 0 Å². The topological polar surface area (TPSA) is 15.3 Å². The smallest absolute Gasteiger partial charge is 0.0640 e. The van der Waals surface area contributed by atoms with Crippen molar-refractivity contribution in [2.45, 2.75) is 45.2 Å². The van der Waals surface area contributed by atoms with E-state index in [4.69, 9.17) is 23.2 Å². The predicted octanol–water partition coefficient (Wildman–Crippen LogP) is 4.52. The number of nitrogens with zero attached hydrogens (tertiary/aromatic N) is 1. The maximum Gasteiger partial charge on any atom is 0.0640 e. The van der Waals surface area contributed by atoms with Crippen LogP contribution in [-0.2, 0) is 0 Å². The lowest BCUT2D eigenvalue weighted by Gasteiger charge is -2.25. The minimum atomic E-state index is 0.277. The monoisotopic (exact) mass is 314 g/mol. The summed E-state index contributed by atoms with van der Waals surface area (Å²) in [5, 5.41) is 4.87. The first-order chi connectivity index (χ1) is 9.67. The van der Waals surface area contributed by atoms with Gasteiger partial charge in [0.1, 0.15) is 0 Å². The standard InChI is InChI=1S/C16H24Cl2N2/c1-3-19-15(10-11-20(4-2)12-8-9-12)13-6-5-7-14(17)16(13)18/h5-7,12,15,19H,3-4,8-11H2,1-2H3. The molecule has 1 fully saturated rings. The zero-order valence-electron chi connectivity index (χ0n) is 12.3. The Bertz CT molecular complexity index is 432. The zero-order chi connectivity index (χ0) is 14.5. The van der Waals surface area contributed by atoms with E-state index in [2.05, 4.69) is 30.1 Å². The molecule has 0 saturated heterocycles. The largest absolute Gasteiger partial charge is 0.310 e. The normalized spacial score (nSPS) is 16.6. The molecule has 0 radical (unpaired) electrons. The van der Waals surface area contributed by atoms with Gasteiger partial charge in [0.2, 0.25) is 0 Å². The third-order valence-electron chi connectivity index (χ3n) is 3.98. The molecule has 0 amide bonds. The third-order valence-corrected chi connectivity index (χ3v) is 4.82. The molecule has 0 spiro atoms. The fourth-order valence-electron chi connectivity index (χ4n) is 2.74. The molecule has 0 aliphatic heterocycles. The van der Waals surface area contributed by atoms with Crippen LogP contribution in [0.4, 0.5) is 0 Å². The van der Waals surface area contributed by atoms with Crippen molar-refractivity contribution in [1.29, 1.82) is 0 Å². The first-order valence-electron chi connectivity index (χ1n) is 7.58. The van der Waals surface area contributed by atoms with E-state index >= 15 is 0 Å². The van der Waals surface area contributed by atoms with E-state index in [-0.39, 0.29) is 6.04 Å². The van der Waals surface area contributed by atoms with Crippen molar-refractivity contribution in [2.24, 2.45) is 0 Å². The summed E-state index contributed by atoms with van der Waals surface area (Å²) in [4.78, 5) is 2.57. The van der Waals surface area contributed by atoms with Crippen molar-refractivity contribution in [2.75, 3.05) is 19.6 Å². The summed E-state index contributed by atoms with van der Waals surface area (Å²) in [6.45, 7) is 7.55. The van der Waals surface area contributed by atoms with Gasteiger partial charge in [-0.1, -0.05) is 49.2 Å². The van der Waals surface area contributed by atoms with Crippen LogP contribution in [0.5, 0.6) is 0 Å². The van der Waals surface area contributed by atoms with E-state index in [1.54, 1.807) is 0 Å². The number of nitrogens with one attached hydrogen (secondary N) is 1. The van der Waals surface area contributed by atoms with Gasteiger partial charge in [0.25, 0.3) is 0 Å². The fraction of sp³-hybridized carbons (Fsp3) is 0.625. The Morgan fingerprint density at radius 2 is 2.05 bits per heavy atom. The molecule has 1 unspecified atom stereocenters. The summed E-state index contributed by atoms with van der Waals surface area (Å²) in [5.41, 5.74) is 1.12. The average Bonchev–Trinajstić information content (AvgIpc) is 3.26. The highest BCUT2D eigenvalue weighted by Crippen LogP contribution is 2.32. The predicted molar refractivity (Wildman–Crippen MR) is 87.8 cm³/mol. The van der Waals surface area contributed by atoms with Crippen LogP contribution >= 0.6 is 23.2 Å². The molecule has 4 heteroatoms. The molecule has 1 saturated carbocycles. The lowest BCUT2D eigenvalue weighted by molar-refractivity contribution is 0.260. The molecule has 0 aromatic heterocycles. The van der Waals surface area contributed by atoms with Crippen LogP contribution in [0.3, 0.4) is 0 Å². The number of benzene rings is 1. The minimum Gasteiger partial charge on any atom is -0.310 e. The minimum absolute atomic E-state index is 0.277. The van der Waals surface area contributed by atoms with Crippen molar-refractivity contribution in [3.63, 3.8) is 0 Å². The fourth-order valence-corrected chi connectivity index (χ4v) is 3.18. The van der Waals surface area contributed by atoms with E-state index in [0.717, 1.165) is 37.7 Å². The van der Waals surface area contributed by atoms with Gasteiger partial charge in [-0.2, -0.15) is 0 Å². The van der Waals surface area contributed by atoms with Crippen molar-refractivity contribution in [3.8, 4) is 0 Å². The van der Waals surface area contributed by atoms with Crippen LogP contribution in [0.15, 0.2) is 18.2 Å². The SMILES string of the molecule is CCNC(CCN(CC)C1CC1)c1cccc(Cl)c1Cl. The Labute approximate surface area is 132 Å². The van der Waals surface area contributed by atoms with Crippen molar-refractivity contribution < 1.29 is 0 Å². The van der Waals surface area contributed by atoms with E-state index < -0.39 is 0 Å². The van der Waals surface area contributed by atoms with Crippen molar-refractivity contribution in [1.82, 2.24) is 10.2 Å². The molecule has 20 heavy (non-hydrogen) atoms.